The second kappa shape index (κ2) is 9.11. The van der Waals surface area contributed by atoms with Gasteiger partial charge >= 0.3 is 0 Å². The summed E-state index contributed by atoms with van der Waals surface area (Å²) in [5.41, 5.74) is 1.31. The molecule has 1 aliphatic heterocycles. The lowest BCUT2D eigenvalue weighted by molar-refractivity contribution is -0.139. The van der Waals surface area contributed by atoms with Crippen LogP contribution in [0.4, 0.5) is 0 Å². The molecule has 1 amide bonds. The number of aliphatic hydroxyl groups is 1. The standard InChI is InChI=1S/C22H22BrClN2O3/c1-25(2)11-4-12-26-19(15-5-3-6-16(23)13-15)18(21(28)22(26)29)20(27)14-7-9-17(24)10-8-14/h3,5-10,13,19,27H,4,11-12H2,1-2H3/b20-18+/t19-/m1/s1. The Bertz CT molecular complexity index is 957. The molecule has 2 aromatic carbocycles. The summed E-state index contributed by atoms with van der Waals surface area (Å²) in [6.45, 7) is 1.20. The molecule has 7 heteroatoms. The molecule has 0 spiro atoms. The largest absolute Gasteiger partial charge is 0.507 e. The number of benzene rings is 2. The van der Waals surface area contributed by atoms with Gasteiger partial charge in [0.05, 0.1) is 11.6 Å². The van der Waals surface area contributed by atoms with E-state index in [0.29, 0.717) is 23.6 Å². The summed E-state index contributed by atoms with van der Waals surface area (Å²) in [6.07, 6.45) is 0.714. The van der Waals surface area contributed by atoms with E-state index in [-0.39, 0.29) is 11.3 Å². The van der Waals surface area contributed by atoms with E-state index in [1.807, 2.05) is 43.3 Å². The van der Waals surface area contributed by atoms with Crippen molar-refractivity contribution >= 4 is 45.0 Å². The van der Waals surface area contributed by atoms with Crippen LogP contribution in [-0.2, 0) is 9.59 Å². The molecular formula is C22H22BrClN2O3. The summed E-state index contributed by atoms with van der Waals surface area (Å²) in [5, 5.41) is 11.5. The number of halogens is 2. The number of hydrogen-bond donors (Lipinski definition) is 1. The van der Waals surface area contributed by atoms with Crippen LogP contribution < -0.4 is 0 Å². The Hall–Kier alpha value is -2.15. The minimum Gasteiger partial charge on any atom is -0.507 e. The summed E-state index contributed by atoms with van der Waals surface area (Å²) < 4.78 is 0.834. The monoisotopic (exact) mass is 476 g/mol. The second-order valence-electron chi connectivity index (χ2n) is 7.21. The molecule has 3 rings (SSSR count). The molecule has 0 unspecified atom stereocenters. The van der Waals surface area contributed by atoms with Crippen LogP contribution in [0.25, 0.3) is 5.76 Å². The van der Waals surface area contributed by atoms with Crippen LogP contribution in [0.3, 0.4) is 0 Å². The zero-order chi connectivity index (χ0) is 21.1. The molecule has 0 radical (unpaired) electrons. The second-order valence-corrected chi connectivity index (χ2v) is 8.56. The predicted octanol–water partition coefficient (Wildman–Crippen LogP) is 4.48. The average Bonchev–Trinajstić information content (AvgIpc) is 2.93. The number of nitrogens with zero attached hydrogens (tertiary/aromatic N) is 2. The fraction of sp³-hybridized carbons (Fsp3) is 0.273. The first-order valence-corrected chi connectivity index (χ1v) is 10.4. The van der Waals surface area contributed by atoms with E-state index in [1.54, 1.807) is 29.2 Å². The van der Waals surface area contributed by atoms with Gasteiger partial charge in [0.25, 0.3) is 11.7 Å². The van der Waals surface area contributed by atoms with Crippen LogP contribution >= 0.6 is 27.5 Å². The number of amides is 1. The highest BCUT2D eigenvalue weighted by Crippen LogP contribution is 2.40. The van der Waals surface area contributed by atoms with Crippen LogP contribution in [-0.4, -0.2) is 53.8 Å². The Morgan fingerprint density at radius 3 is 2.48 bits per heavy atom. The van der Waals surface area contributed by atoms with Gasteiger partial charge in [0.1, 0.15) is 5.76 Å². The molecule has 0 bridgehead atoms. The Kier molecular flexibility index (Phi) is 6.77. The Labute approximate surface area is 183 Å². The number of Topliss-reactive ketones (excluding diaryl/α,β-unsaturated/α-hetero) is 1. The lowest BCUT2D eigenvalue weighted by atomic mass is 9.95. The summed E-state index contributed by atoms with van der Waals surface area (Å²) in [5.74, 6) is -1.46. The van der Waals surface area contributed by atoms with Gasteiger partial charge in [-0.2, -0.15) is 0 Å². The molecule has 1 aliphatic rings. The number of likely N-dealkylation sites (tertiary alicyclic amines) is 1. The third kappa shape index (κ3) is 4.71. The number of hydrogen-bond acceptors (Lipinski definition) is 4. The van der Waals surface area contributed by atoms with Gasteiger partial charge < -0.3 is 14.9 Å². The molecule has 0 aliphatic carbocycles. The minimum absolute atomic E-state index is 0.0975. The predicted molar refractivity (Wildman–Crippen MR) is 118 cm³/mol. The maximum absolute atomic E-state index is 12.9. The molecule has 1 heterocycles. The highest BCUT2D eigenvalue weighted by molar-refractivity contribution is 9.10. The highest BCUT2D eigenvalue weighted by atomic mass is 79.9. The van der Waals surface area contributed by atoms with E-state index in [2.05, 4.69) is 15.9 Å². The first kappa shape index (κ1) is 21.6. The van der Waals surface area contributed by atoms with Gasteiger partial charge in [0.15, 0.2) is 0 Å². The molecular weight excluding hydrogens is 456 g/mol. The maximum Gasteiger partial charge on any atom is 0.295 e. The summed E-state index contributed by atoms with van der Waals surface area (Å²) >= 11 is 9.39. The molecule has 29 heavy (non-hydrogen) atoms. The molecule has 1 N–H and O–H groups in total. The number of rotatable bonds is 6. The molecule has 5 nitrogen and oxygen atoms in total. The van der Waals surface area contributed by atoms with Crippen molar-refractivity contribution in [3.8, 4) is 0 Å². The van der Waals surface area contributed by atoms with Crippen molar-refractivity contribution in [2.75, 3.05) is 27.2 Å². The molecule has 1 atom stereocenters. The number of ketones is 1. The van der Waals surface area contributed by atoms with Gasteiger partial charge in [-0.15, -0.1) is 0 Å². The summed E-state index contributed by atoms with van der Waals surface area (Å²) in [6, 6.07) is 13.3. The van der Waals surface area contributed by atoms with Crippen molar-refractivity contribution in [3.63, 3.8) is 0 Å². The number of carbonyl (C=O) groups is 2. The summed E-state index contributed by atoms with van der Waals surface area (Å²) in [7, 11) is 3.92. The van der Waals surface area contributed by atoms with E-state index in [0.717, 1.165) is 16.6 Å². The van der Waals surface area contributed by atoms with Crippen LogP contribution in [0.15, 0.2) is 58.6 Å². The van der Waals surface area contributed by atoms with Gasteiger partial charge in [-0.05, 0) is 69.0 Å². The highest BCUT2D eigenvalue weighted by Gasteiger charge is 2.45. The Morgan fingerprint density at radius 1 is 1.17 bits per heavy atom. The van der Waals surface area contributed by atoms with Crippen molar-refractivity contribution in [2.24, 2.45) is 0 Å². The molecule has 0 aromatic heterocycles. The topological polar surface area (TPSA) is 60.9 Å². The third-order valence-electron chi connectivity index (χ3n) is 4.83. The molecule has 0 saturated carbocycles. The number of carbonyl (C=O) groups excluding carboxylic acids is 2. The smallest absolute Gasteiger partial charge is 0.295 e. The molecule has 2 aromatic rings. The van der Waals surface area contributed by atoms with Crippen LogP contribution in [0.5, 0.6) is 0 Å². The first-order chi connectivity index (χ1) is 13.8. The van der Waals surface area contributed by atoms with Crippen LogP contribution in [0, 0.1) is 0 Å². The van der Waals surface area contributed by atoms with Gasteiger partial charge in [-0.3, -0.25) is 9.59 Å². The van der Waals surface area contributed by atoms with Gasteiger partial charge in [-0.1, -0.05) is 39.7 Å². The van der Waals surface area contributed by atoms with Crippen molar-refractivity contribution in [1.82, 2.24) is 9.80 Å². The van der Waals surface area contributed by atoms with E-state index >= 15 is 0 Å². The van der Waals surface area contributed by atoms with Crippen molar-refractivity contribution in [3.05, 3.63) is 74.7 Å². The molecule has 1 saturated heterocycles. The summed E-state index contributed by atoms with van der Waals surface area (Å²) in [4.78, 5) is 29.3. The van der Waals surface area contributed by atoms with E-state index in [4.69, 9.17) is 11.6 Å². The molecule has 1 fully saturated rings. The first-order valence-electron chi connectivity index (χ1n) is 9.24. The quantitative estimate of drug-likeness (QED) is 0.379. The van der Waals surface area contributed by atoms with Crippen LogP contribution in [0.1, 0.15) is 23.6 Å². The maximum atomic E-state index is 12.9. The lowest BCUT2D eigenvalue weighted by Crippen LogP contribution is -2.32. The third-order valence-corrected chi connectivity index (χ3v) is 5.57. The van der Waals surface area contributed by atoms with Gasteiger partial charge in [-0.25, -0.2) is 0 Å². The molecule has 152 valence electrons. The SMILES string of the molecule is CN(C)CCCN1C(=O)C(=O)/C(=C(/O)c2ccc(Cl)cc2)[C@H]1c1cccc(Br)c1. The van der Waals surface area contributed by atoms with Crippen molar-refractivity contribution in [2.45, 2.75) is 12.5 Å². The number of aliphatic hydroxyl groups excluding tert-OH is 1. The van der Waals surface area contributed by atoms with E-state index in [9.17, 15) is 14.7 Å². The Morgan fingerprint density at radius 2 is 1.86 bits per heavy atom. The Balaban J connectivity index is 2.09. The van der Waals surface area contributed by atoms with Gasteiger partial charge in [0, 0.05) is 21.6 Å². The van der Waals surface area contributed by atoms with Crippen molar-refractivity contribution in [1.29, 1.82) is 0 Å². The minimum atomic E-state index is -0.674. The lowest BCUT2D eigenvalue weighted by Gasteiger charge is -2.26. The fourth-order valence-electron chi connectivity index (χ4n) is 3.45. The van der Waals surface area contributed by atoms with E-state index < -0.39 is 17.7 Å². The van der Waals surface area contributed by atoms with Crippen molar-refractivity contribution < 1.29 is 14.7 Å². The normalized spacial score (nSPS) is 18.7. The fourth-order valence-corrected chi connectivity index (χ4v) is 4.00. The van der Waals surface area contributed by atoms with Crippen LogP contribution in [0.2, 0.25) is 5.02 Å². The van der Waals surface area contributed by atoms with E-state index in [1.165, 1.54) is 0 Å². The zero-order valence-corrected chi connectivity index (χ0v) is 18.6. The zero-order valence-electron chi connectivity index (χ0n) is 16.2. The van der Waals surface area contributed by atoms with Gasteiger partial charge in [0.2, 0.25) is 0 Å². The average molecular weight is 478 g/mol.